The van der Waals surface area contributed by atoms with E-state index in [4.69, 9.17) is 0 Å². The third-order valence-corrected chi connectivity index (χ3v) is 3.47. The lowest BCUT2D eigenvalue weighted by molar-refractivity contribution is 0.461. The van der Waals surface area contributed by atoms with Crippen molar-refractivity contribution in [3.8, 4) is 0 Å². The van der Waals surface area contributed by atoms with E-state index in [2.05, 4.69) is 32.7 Å². The molecular formula is C15H18N4. The minimum Gasteiger partial charge on any atom is -0.325 e. The highest BCUT2D eigenvalue weighted by molar-refractivity contribution is 5.52. The van der Waals surface area contributed by atoms with E-state index in [1.807, 2.05) is 24.4 Å². The summed E-state index contributed by atoms with van der Waals surface area (Å²) in [5.41, 5.74) is 1.35. The Bertz CT molecular complexity index is 521. The molecule has 0 spiro atoms. The van der Waals surface area contributed by atoms with Gasteiger partial charge in [0.25, 0.3) is 0 Å². The Morgan fingerprint density at radius 3 is 2.84 bits per heavy atom. The number of anilines is 2. The Kier molecular flexibility index (Phi) is 3.70. The van der Waals surface area contributed by atoms with Gasteiger partial charge in [-0.15, -0.1) is 0 Å². The molecule has 1 fully saturated rings. The molecule has 1 atom stereocenters. The second-order valence-corrected chi connectivity index (χ2v) is 4.86. The highest BCUT2D eigenvalue weighted by atomic mass is 15.0. The zero-order chi connectivity index (χ0) is 12.9. The first-order valence-electron chi connectivity index (χ1n) is 6.76. The van der Waals surface area contributed by atoms with Crippen LogP contribution in [0.2, 0.25) is 0 Å². The van der Waals surface area contributed by atoms with Gasteiger partial charge in [0.05, 0.1) is 0 Å². The Hall–Kier alpha value is -1.94. The molecule has 4 nitrogen and oxygen atoms in total. The number of hydrogen-bond acceptors (Lipinski definition) is 4. The molecule has 19 heavy (non-hydrogen) atoms. The van der Waals surface area contributed by atoms with E-state index >= 15 is 0 Å². The van der Waals surface area contributed by atoms with Crippen LogP contribution in [0.1, 0.15) is 24.3 Å². The van der Waals surface area contributed by atoms with Gasteiger partial charge in [-0.25, -0.2) is 9.97 Å². The third-order valence-electron chi connectivity index (χ3n) is 3.47. The van der Waals surface area contributed by atoms with E-state index in [0.29, 0.717) is 5.92 Å². The molecule has 2 N–H and O–H groups in total. The molecule has 1 saturated heterocycles. The van der Waals surface area contributed by atoms with E-state index in [1.54, 1.807) is 6.20 Å². The molecule has 0 amide bonds. The molecule has 0 aliphatic carbocycles. The summed E-state index contributed by atoms with van der Waals surface area (Å²) in [5, 5.41) is 6.69. The maximum absolute atomic E-state index is 4.36. The van der Waals surface area contributed by atoms with Crippen molar-refractivity contribution < 1.29 is 0 Å². The summed E-state index contributed by atoms with van der Waals surface area (Å²) in [6.45, 7) is 2.20. The first-order valence-corrected chi connectivity index (χ1v) is 6.76. The molecule has 0 bridgehead atoms. The van der Waals surface area contributed by atoms with Crippen LogP contribution in [0.3, 0.4) is 0 Å². The second kappa shape index (κ2) is 5.80. The molecule has 0 aromatic carbocycles. The van der Waals surface area contributed by atoms with Gasteiger partial charge in [-0.2, -0.15) is 0 Å². The normalized spacial score (nSPS) is 19.1. The molecule has 2 aromatic heterocycles. The number of rotatable bonds is 3. The van der Waals surface area contributed by atoms with Crippen molar-refractivity contribution in [3.63, 3.8) is 0 Å². The zero-order valence-electron chi connectivity index (χ0n) is 10.8. The molecular weight excluding hydrogens is 236 g/mol. The van der Waals surface area contributed by atoms with Crippen molar-refractivity contribution in [2.24, 2.45) is 0 Å². The van der Waals surface area contributed by atoms with Crippen LogP contribution in [-0.4, -0.2) is 23.1 Å². The lowest BCUT2D eigenvalue weighted by Gasteiger charge is -2.23. The van der Waals surface area contributed by atoms with Crippen LogP contribution in [0.25, 0.3) is 0 Å². The quantitative estimate of drug-likeness (QED) is 0.884. The molecule has 4 heteroatoms. The van der Waals surface area contributed by atoms with Crippen molar-refractivity contribution in [3.05, 3.63) is 48.3 Å². The van der Waals surface area contributed by atoms with Crippen LogP contribution in [0.15, 0.2) is 42.7 Å². The summed E-state index contributed by atoms with van der Waals surface area (Å²) in [6, 6.07) is 10.1. The summed E-state index contributed by atoms with van der Waals surface area (Å²) >= 11 is 0. The molecule has 0 unspecified atom stereocenters. The molecule has 1 aliphatic heterocycles. The number of nitrogens with one attached hydrogen (secondary N) is 2. The van der Waals surface area contributed by atoms with Crippen LogP contribution < -0.4 is 10.6 Å². The van der Waals surface area contributed by atoms with Gasteiger partial charge in [0.15, 0.2) is 0 Å². The number of nitrogens with zero attached hydrogens (tertiary/aromatic N) is 2. The predicted octanol–water partition coefficient (Wildman–Crippen LogP) is 2.69. The fourth-order valence-corrected chi connectivity index (χ4v) is 2.47. The monoisotopic (exact) mass is 254 g/mol. The summed E-state index contributed by atoms with van der Waals surface area (Å²) in [5.74, 6) is 2.29. The lowest BCUT2D eigenvalue weighted by Crippen LogP contribution is -2.28. The van der Waals surface area contributed by atoms with E-state index in [9.17, 15) is 0 Å². The van der Waals surface area contributed by atoms with Gasteiger partial charge in [0, 0.05) is 18.9 Å². The smallest absolute Gasteiger partial charge is 0.131 e. The number of hydrogen-bond donors (Lipinski definition) is 2. The van der Waals surface area contributed by atoms with E-state index in [1.165, 1.54) is 18.4 Å². The average Bonchev–Trinajstić information content (AvgIpc) is 2.49. The first kappa shape index (κ1) is 12.1. The van der Waals surface area contributed by atoms with Gasteiger partial charge in [0.1, 0.15) is 11.6 Å². The summed E-state index contributed by atoms with van der Waals surface area (Å²) < 4.78 is 0. The fraction of sp³-hybridized carbons (Fsp3) is 0.333. The van der Waals surface area contributed by atoms with Gasteiger partial charge in [-0.1, -0.05) is 6.07 Å². The van der Waals surface area contributed by atoms with E-state index in [0.717, 1.165) is 24.7 Å². The third kappa shape index (κ3) is 3.09. The molecule has 1 aliphatic rings. The molecule has 3 rings (SSSR count). The fourth-order valence-electron chi connectivity index (χ4n) is 2.47. The zero-order valence-corrected chi connectivity index (χ0v) is 10.8. The van der Waals surface area contributed by atoms with Crippen molar-refractivity contribution in [1.82, 2.24) is 15.3 Å². The number of pyridine rings is 2. The SMILES string of the molecule is c1ccc(Nc2cc([C@@H]3CCCNC3)ccn2)nc1. The van der Waals surface area contributed by atoms with Gasteiger partial charge < -0.3 is 10.6 Å². The number of aromatic nitrogens is 2. The average molecular weight is 254 g/mol. The minimum absolute atomic E-state index is 0.598. The predicted molar refractivity (Wildman–Crippen MR) is 76.6 cm³/mol. The summed E-state index contributed by atoms with van der Waals surface area (Å²) in [4.78, 5) is 8.61. The largest absolute Gasteiger partial charge is 0.325 e. The standard InChI is InChI=1S/C15H18N4/c1-2-8-17-14(5-1)19-15-10-12(6-9-18-15)13-4-3-7-16-11-13/h1-2,5-6,8-10,13,16H,3-4,7,11H2,(H,17,18,19)/t13-/m1/s1. The van der Waals surface area contributed by atoms with Gasteiger partial charge in [-0.05, 0) is 55.1 Å². The lowest BCUT2D eigenvalue weighted by atomic mass is 9.92. The Balaban J connectivity index is 1.76. The van der Waals surface area contributed by atoms with Crippen molar-refractivity contribution in [2.75, 3.05) is 18.4 Å². The van der Waals surface area contributed by atoms with Gasteiger partial charge in [-0.3, -0.25) is 0 Å². The molecule has 98 valence electrons. The second-order valence-electron chi connectivity index (χ2n) is 4.86. The minimum atomic E-state index is 0.598. The highest BCUT2D eigenvalue weighted by Gasteiger charge is 2.15. The molecule has 0 saturated carbocycles. The van der Waals surface area contributed by atoms with Gasteiger partial charge in [0.2, 0.25) is 0 Å². The number of piperidine rings is 1. The van der Waals surface area contributed by atoms with Crippen LogP contribution in [0.4, 0.5) is 11.6 Å². The summed E-state index contributed by atoms with van der Waals surface area (Å²) in [7, 11) is 0. The van der Waals surface area contributed by atoms with E-state index in [-0.39, 0.29) is 0 Å². The van der Waals surface area contributed by atoms with Gasteiger partial charge >= 0.3 is 0 Å². The molecule has 2 aromatic rings. The maximum atomic E-state index is 4.36. The van der Waals surface area contributed by atoms with Crippen LogP contribution in [0, 0.1) is 0 Å². The topological polar surface area (TPSA) is 49.8 Å². The Morgan fingerprint density at radius 2 is 2.05 bits per heavy atom. The van der Waals surface area contributed by atoms with Crippen molar-refractivity contribution in [1.29, 1.82) is 0 Å². The van der Waals surface area contributed by atoms with Crippen molar-refractivity contribution in [2.45, 2.75) is 18.8 Å². The molecule has 0 radical (unpaired) electrons. The first-order chi connectivity index (χ1) is 9.42. The van der Waals surface area contributed by atoms with Crippen LogP contribution in [-0.2, 0) is 0 Å². The Labute approximate surface area is 113 Å². The summed E-state index contributed by atoms with van der Waals surface area (Å²) in [6.07, 6.45) is 6.14. The molecule has 3 heterocycles. The van der Waals surface area contributed by atoms with Crippen LogP contribution >= 0.6 is 0 Å². The Morgan fingerprint density at radius 1 is 1.11 bits per heavy atom. The highest BCUT2D eigenvalue weighted by Crippen LogP contribution is 2.25. The maximum Gasteiger partial charge on any atom is 0.131 e. The van der Waals surface area contributed by atoms with Crippen LogP contribution in [0.5, 0.6) is 0 Å². The van der Waals surface area contributed by atoms with Crippen molar-refractivity contribution >= 4 is 11.6 Å². The van der Waals surface area contributed by atoms with E-state index < -0.39 is 0 Å².